The molecule has 1 aromatic rings. The number of rotatable bonds is 2. The van der Waals surface area contributed by atoms with Gasteiger partial charge in [-0.2, -0.15) is 0 Å². The number of benzene rings is 1. The van der Waals surface area contributed by atoms with Gasteiger partial charge in [0.25, 0.3) is 11.7 Å². The van der Waals surface area contributed by atoms with Gasteiger partial charge in [0.2, 0.25) is 0 Å². The number of carbonyl (C=O) groups excluding carboxylic acids is 2. The van der Waals surface area contributed by atoms with Crippen molar-refractivity contribution in [3.63, 3.8) is 0 Å². The zero-order chi connectivity index (χ0) is 13.7. The summed E-state index contributed by atoms with van der Waals surface area (Å²) in [6.45, 7) is 0.728. The molecule has 1 amide bonds. The molecule has 4 nitrogen and oxygen atoms in total. The quantitative estimate of drug-likeness (QED) is 0.833. The first kappa shape index (κ1) is 11.7. The summed E-state index contributed by atoms with van der Waals surface area (Å²) < 4.78 is 0. The molecule has 102 valence electrons. The third-order valence-electron chi connectivity index (χ3n) is 4.27. The standard InChI is InChI=1S/C16H16N2O2/c19-15-13-3-1-2-4-14(13)18(16(15)20)12-8-11(17-9-12)7-10-5-6-10/h1-4,7,10,12,17H,5-6,8-9H2/b11-7+. The number of hydrogen-bond donors (Lipinski definition) is 1. The molecule has 1 saturated heterocycles. The molecule has 2 aliphatic heterocycles. The highest BCUT2D eigenvalue weighted by atomic mass is 16.2. The van der Waals surface area contributed by atoms with E-state index in [4.69, 9.17) is 0 Å². The van der Waals surface area contributed by atoms with Crippen LogP contribution >= 0.6 is 0 Å². The predicted molar refractivity (Wildman–Crippen MR) is 75.5 cm³/mol. The van der Waals surface area contributed by atoms with Crippen LogP contribution in [0.4, 0.5) is 5.69 Å². The van der Waals surface area contributed by atoms with Gasteiger partial charge in [-0.05, 0) is 30.9 Å². The molecule has 1 atom stereocenters. The molecule has 0 bridgehead atoms. The van der Waals surface area contributed by atoms with Crippen LogP contribution in [-0.4, -0.2) is 24.3 Å². The maximum absolute atomic E-state index is 12.2. The molecule has 4 heteroatoms. The first-order valence-corrected chi connectivity index (χ1v) is 7.15. The first-order valence-electron chi connectivity index (χ1n) is 7.15. The van der Waals surface area contributed by atoms with E-state index in [1.807, 2.05) is 12.1 Å². The van der Waals surface area contributed by atoms with Crippen molar-refractivity contribution in [3.8, 4) is 0 Å². The number of nitrogens with zero attached hydrogens (tertiary/aromatic N) is 1. The predicted octanol–water partition coefficient (Wildman–Crippen LogP) is 1.87. The fourth-order valence-electron chi connectivity index (χ4n) is 3.08. The van der Waals surface area contributed by atoms with Crippen molar-refractivity contribution in [2.24, 2.45) is 5.92 Å². The van der Waals surface area contributed by atoms with Gasteiger partial charge in [0, 0.05) is 18.7 Å². The highest BCUT2D eigenvalue weighted by Gasteiger charge is 2.41. The topological polar surface area (TPSA) is 49.4 Å². The Hall–Kier alpha value is -2.10. The molecule has 20 heavy (non-hydrogen) atoms. The molecular weight excluding hydrogens is 252 g/mol. The average molecular weight is 268 g/mol. The monoisotopic (exact) mass is 268 g/mol. The molecule has 2 heterocycles. The minimum absolute atomic E-state index is 0.0556. The number of para-hydroxylation sites is 1. The fraction of sp³-hybridized carbons (Fsp3) is 0.375. The van der Waals surface area contributed by atoms with E-state index < -0.39 is 0 Å². The van der Waals surface area contributed by atoms with Gasteiger partial charge in [-0.1, -0.05) is 18.2 Å². The van der Waals surface area contributed by atoms with Crippen LogP contribution in [-0.2, 0) is 4.79 Å². The van der Waals surface area contributed by atoms with Crippen LogP contribution in [0.2, 0.25) is 0 Å². The first-order chi connectivity index (χ1) is 9.74. The van der Waals surface area contributed by atoms with E-state index in [0.717, 1.165) is 24.6 Å². The van der Waals surface area contributed by atoms with Crippen molar-refractivity contribution in [2.75, 3.05) is 11.4 Å². The van der Waals surface area contributed by atoms with Crippen LogP contribution < -0.4 is 10.2 Å². The zero-order valence-electron chi connectivity index (χ0n) is 11.1. The van der Waals surface area contributed by atoms with Crippen LogP contribution in [0.1, 0.15) is 29.6 Å². The van der Waals surface area contributed by atoms with Crippen LogP contribution in [0.15, 0.2) is 36.0 Å². The van der Waals surface area contributed by atoms with Crippen molar-refractivity contribution in [2.45, 2.75) is 25.3 Å². The number of amides is 1. The van der Waals surface area contributed by atoms with Gasteiger partial charge in [-0.3, -0.25) is 14.5 Å². The van der Waals surface area contributed by atoms with E-state index in [1.165, 1.54) is 18.5 Å². The van der Waals surface area contributed by atoms with Gasteiger partial charge in [0.15, 0.2) is 0 Å². The Morgan fingerprint density at radius 2 is 2.00 bits per heavy atom. The zero-order valence-corrected chi connectivity index (χ0v) is 11.1. The Balaban J connectivity index is 1.63. The Morgan fingerprint density at radius 1 is 1.20 bits per heavy atom. The lowest BCUT2D eigenvalue weighted by atomic mass is 10.1. The minimum Gasteiger partial charge on any atom is -0.386 e. The molecule has 0 radical (unpaired) electrons. The number of fused-ring (bicyclic) bond motifs is 1. The van der Waals surface area contributed by atoms with Crippen molar-refractivity contribution in [1.82, 2.24) is 5.32 Å². The van der Waals surface area contributed by atoms with E-state index >= 15 is 0 Å². The van der Waals surface area contributed by atoms with Crippen molar-refractivity contribution < 1.29 is 9.59 Å². The Morgan fingerprint density at radius 3 is 2.80 bits per heavy atom. The summed E-state index contributed by atoms with van der Waals surface area (Å²) in [5.74, 6) is -0.0367. The summed E-state index contributed by atoms with van der Waals surface area (Å²) in [4.78, 5) is 25.9. The average Bonchev–Trinajstić information content (AvgIpc) is 3.09. The van der Waals surface area contributed by atoms with Crippen LogP contribution in [0.25, 0.3) is 0 Å². The van der Waals surface area contributed by atoms with E-state index in [9.17, 15) is 9.59 Å². The molecule has 1 aromatic carbocycles. The highest BCUT2D eigenvalue weighted by Crippen LogP contribution is 2.35. The molecule has 0 aromatic heterocycles. The number of ketones is 1. The smallest absolute Gasteiger partial charge is 0.299 e. The van der Waals surface area contributed by atoms with Gasteiger partial charge in [0.1, 0.15) is 0 Å². The summed E-state index contributed by atoms with van der Waals surface area (Å²) in [5.41, 5.74) is 2.53. The van der Waals surface area contributed by atoms with Gasteiger partial charge < -0.3 is 5.32 Å². The lowest BCUT2D eigenvalue weighted by Crippen LogP contribution is -2.40. The minimum atomic E-state index is -0.384. The summed E-state index contributed by atoms with van der Waals surface area (Å²) in [7, 11) is 0. The number of Topliss-reactive ketones (excluding diaryl/α,β-unsaturated/α-hetero) is 1. The largest absolute Gasteiger partial charge is 0.386 e. The summed E-state index contributed by atoms with van der Waals surface area (Å²) in [6.07, 6.45) is 5.66. The van der Waals surface area contributed by atoms with E-state index in [2.05, 4.69) is 11.4 Å². The third-order valence-corrected chi connectivity index (χ3v) is 4.27. The molecule has 3 aliphatic rings. The SMILES string of the molecule is O=C1C(=O)N(C2CN/C(=C/C3CC3)C2)c2ccccc21. The van der Waals surface area contributed by atoms with Gasteiger partial charge in [-0.25, -0.2) is 0 Å². The van der Waals surface area contributed by atoms with Crippen LogP contribution in [0.3, 0.4) is 0 Å². The highest BCUT2D eigenvalue weighted by molar-refractivity contribution is 6.52. The number of allylic oxidation sites excluding steroid dienone is 1. The molecule has 4 rings (SSSR count). The molecule has 1 saturated carbocycles. The lowest BCUT2D eigenvalue weighted by Gasteiger charge is -2.22. The van der Waals surface area contributed by atoms with Crippen LogP contribution in [0, 0.1) is 5.92 Å². The molecule has 1 unspecified atom stereocenters. The second-order valence-electron chi connectivity index (χ2n) is 5.79. The van der Waals surface area contributed by atoms with Gasteiger partial charge in [0.05, 0.1) is 17.3 Å². The van der Waals surface area contributed by atoms with Crippen molar-refractivity contribution in [3.05, 3.63) is 41.6 Å². The van der Waals surface area contributed by atoms with E-state index in [0.29, 0.717) is 5.56 Å². The number of hydrogen-bond acceptors (Lipinski definition) is 3. The Kier molecular flexibility index (Phi) is 2.46. The Labute approximate surface area is 117 Å². The molecular formula is C16H16N2O2. The Bertz CT molecular complexity index is 631. The molecule has 1 N–H and O–H groups in total. The summed E-state index contributed by atoms with van der Waals surface area (Å²) in [5, 5.41) is 3.38. The van der Waals surface area contributed by atoms with Crippen LogP contribution in [0.5, 0.6) is 0 Å². The van der Waals surface area contributed by atoms with Gasteiger partial charge in [-0.15, -0.1) is 0 Å². The molecule has 0 spiro atoms. The number of nitrogens with one attached hydrogen (secondary N) is 1. The second kappa shape index (κ2) is 4.20. The lowest BCUT2D eigenvalue weighted by molar-refractivity contribution is -0.114. The number of carbonyl (C=O) groups is 2. The maximum Gasteiger partial charge on any atom is 0.299 e. The van der Waals surface area contributed by atoms with E-state index in [1.54, 1.807) is 17.0 Å². The summed E-state index contributed by atoms with van der Waals surface area (Å²) in [6, 6.07) is 7.33. The van der Waals surface area contributed by atoms with Crippen molar-refractivity contribution in [1.29, 1.82) is 0 Å². The molecule has 1 aliphatic carbocycles. The summed E-state index contributed by atoms with van der Waals surface area (Å²) >= 11 is 0. The van der Waals surface area contributed by atoms with Crippen molar-refractivity contribution >= 4 is 17.4 Å². The third kappa shape index (κ3) is 1.75. The normalized spacial score (nSPS) is 27.1. The second-order valence-corrected chi connectivity index (χ2v) is 5.79. The van der Waals surface area contributed by atoms with Gasteiger partial charge >= 0.3 is 0 Å². The van der Waals surface area contributed by atoms with E-state index in [-0.39, 0.29) is 17.7 Å². The fourth-order valence-corrected chi connectivity index (χ4v) is 3.08. The number of anilines is 1. The molecule has 2 fully saturated rings. The maximum atomic E-state index is 12.2.